The van der Waals surface area contributed by atoms with Gasteiger partial charge in [0.05, 0.1) is 10.2 Å². The number of carbonyl (C=O) groups is 2. The molecular weight excluding hydrogens is 365 g/mol. The third-order valence-electron chi connectivity index (χ3n) is 3.13. The van der Waals surface area contributed by atoms with Gasteiger partial charge in [0.1, 0.15) is 11.6 Å². The number of hydrogen-bond donors (Lipinski definition) is 1. The summed E-state index contributed by atoms with van der Waals surface area (Å²) >= 11 is 3.18. The van der Waals surface area contributed by atoms with Gasteiger partial charge in [-0.25, -0.2) is 4.39 Å². The van der Waals surface area contributed by atoms with E-state index in [1.807, 2.05) is 0 Å². The minimum Gasteiger partial charge on any atom is -0.480 e. The highest BCUT2D eigenvalue weighted by Crippen LogP contribution is 2.26. The first-order valence-electron chi connectivity index (χ1n) is 6.91. The molecule has 0 saturated heterocycles. The van der Waals surface area contributed by atoms with E-state index in [2.05, 4.69) is 21.2 Å². The van der Waals surface area contributed by atoms with Gasteiger partial charge in [-0.15, -0.1) is 0 Å². The fraction of sp³-hybridized carbons (Fsp3) is 0.176. The summed E-state index contributed by atoms with van der Waals surface area (Å²) in [5, 5.41) is 2.67. The highest BCUT2D eigenvalue weighted by molar-refractivity contribution is 9.10. The minimum absolute atomic E-state index is 0.143. The van der Waals surface area contributed by atoms with Crippen molar-refractivity contribution in [1.29, 1.82) is 0 Å². The molecule has 0 aliphatic carbocycles. The monoisotopic (exact) mass is 379 g/mol. The Kier molecular flexibility index (Phi) is 5.50. The summed E-state index contributed by atoms with van der Waals surface area (Å²) in [6.07, 6.45) is -0.822. The average Bonchev–Trinajstić information content (AvgIpc) is 2.50. The molecule has 0 radical (unpaired) electrons. The Balaban J connectivity index is 2.10. The summed E-state index contributed by atoms with van der Waals surface area (Å²) in [6.45, 7) is 3.00. The van der Waals surface area contributed by atoms with Crippen LogP contribution in [0, 0.1) is 5.82 Å². The van der Waals surface area contributed by atoms with Crippen molar-refractivity contribution in [2.75, 3.05) is 5.32 Å². The number of anilines is 1. The molecule has 120 valence electrons. The molecule has 0 fully saturated rings. The fourth-order valence-corrected chi connectivity index (χ4v) is 2.39. The number of benzene rings is 2. The van der Waals surface area contributed by atoms with Crippen LogP contribution in [0.4, 0.5) is 10.1 Å². The van der Waals surface area contributed by atoms with Gasteiger partial charge in [0.2, 0.25) is 0 Å². The Bertz CT molecular complexity index is 748. The van der Waals surface area contributed by atoms with Crippen LogP contribution >= 0.6 is 15.9 Å². The molecule has 2 aromatic carbocycles. The predicted octanol–water partition coefficient (Wildman–Crippen LogP) is 4.20. The van der Waals surface area contributed by atoms with Gasteiger partial charge >= 0.3 is 0 Å². The molecule has 1 amide bonds. The normalized spacial score (nSPS) is 11.7. The molecule has 0 unspecified atom stereocenters. The van der Waals surface area contributed by atoms with Crippen LogP contribution in [0.25, 0.3) is 0 Å². The van der Waals surface area contributed by atoms with Gasteiger partial charge in [-0.3, -0.25) is 9.59 Å². The Morgan fingerprint density at radius 2 is 1.91 bits per heavy atom. The summed E-state index contributed by atoms with van der Waals surface area (Å²) < 4.78 is 19.0. The molecule has 0 spiro atoms. The van der Waals surface area contributed by atoms with E-state index in [-0.39, 0.29) is 5.78 Å². The number of carbonyl (C=O) groups excluding carboxylic acids is 2. The van der Waals surface area contributed by atoms with Crippen molar-refractivity contribution in [3.63, 3.8) is 0 Å². The van der Waals surface area contributed by atoms with Crippen LogP contribution in [0.15, 0.2) is 46.9 Å². The molecule has 0 aliphatic rings. The van der Waals surface area contributed by atoms with Gasteiger partial charge in [0.25, 0.3) is 5.91 Å². The van der Waals surface area contributed by atoms with E-state index in [9.17, 15) is 14.0 Å². The maximum atomic E-state index is 13.1. The smallest absolute Gasteiger partial charge is 0.265 e. The first-order chi connectivity index (χ1) is 10.9. The summed E-state index contributed by atoms with van der Waals surface area (Å²) in [7, 11) is 0. The number of halogens is 2. The van der Waals surface area contributed by atoms with Crippen LogP contribution in [0.1, 0.15) is 24.2 Å². The highest BCUT2D eigenvalue weighted by Gasteiger charge is 2.18. The molecule has 23 heavy (non-hydrogen) atoms. The van der Waals surface area contributed by atoms with Gasteiger partial charge in [0, 0.05) is 5.56 Å². The van der Waals surface area contributed by atoms with Crippen molar-refractivity contribution in [3.05, 3.63) is 58.3 Å². The van der Waals surface area contributed by atoms with Crippen LogP contribution < -0.4 is 10.1 Å². The van der Waals surface area contributed by atoms with Crippen molar-refractivity contribution in [3.8, 4) is 5.75 Å². The number of para-hydroxylation sites is 1. The van der Waals surface area contributed by atoms with Gasteiger partial charge < -0.3 is 10.1 Å². The lowest BCUT2D eigenvalue weighted by atomic mass is 10.1. The van der Waals surface area contributed by atoms with Gasteiger partial charge in [0.15, 0.2) is 11.9 Å². The number of ketones is 1. The molecule has 0 heterocycles. The van der Waals surface area contributed by atoms with Gasteiger partial charge in [-0.2, -0.15) is 0 Å². The third kappa shape index (κ3) is 4.39. The first kappa shape index (κ1) is 17.1. The van der Waals surface area contributed by atoms with E-state index >= 15 is 0 Å². The van der Waals surface area contributed by atoms with Crippen molar-refractivity contribution >= 4 is 33.3 Å². The summed E-state index contributed by atoms with van der Waals surface area (Å²) in [4.78, 5) is 23.8. The molecule has 0 bridgehead atoms. The number of hydrogen-bond acceptors (Lipinski definition) is 3. The second-order valence-electron chi connectivity index (χ2n) is 4.93. The van der Waals surface area contributed by atoms with E-state index < -0.39 is 17.8 Å². The summed E-state index contributed by atoms with van der Waals surface area (Å²) in [6, 6.07) is 10.7. The molecule has 2 rings (SSSR count). The molecular formula is C17H15BrFNO3. The standard InChI is InChI=1S/C17H15BrFNO3/c1-10(21)13-5-3-4-6-15(13)20-17(22)11(2)23-16-8-7-12(19)9-14(16)18/h3-9,11H,1-2H3,(H,20,22)/t11-/m1/s1. The quantitative estimate of drug-likeness (QED) is 0.792. The minimum atomic E-state index is -0.822. The lowest BCUT2D eigenvalue weighted by Crippen LogP contribution is -2.30. The Morgan fingerprint density at radius 3 is 2.57 bits per heavy atom. The predicted molar refractivity (Wildman–Crippen MR) is 89.3 cm³/mol. The van der Waals surface area contributed by atoms with Crippen LogP contribution in [0.5, 0.6) is 5.75 Å². The molecule has 0 aliphatic heterocycles. The molecule has 1 N–H and O–H groups in total. The van der Waals surface area contributed by atoms with E-state index in [1.54, 1.807) is 31.2 Å². The lowest BCUT2D eigenvalue weighted by molar-refractivity contribution is -0.122. The van der Waals surface area contributed by atoms with E-state index in [0.717, 1.165) is 0 Å². The van der Waals surface area contributed by atoms with Crippen molar-refractivity contribution in [2.24, 2.45) is 0 Å². The zero-order chi connectivity index (χ0) is 17.0. The lowest BCUT2D eigenvalue weighted by Gasteiger charge is -2.16. The van der Waals surface area contributed by atoms with E-state index in [1.165, 1.54) is 25.1 Å². The highest BCUT2D eigenvalue weighted by atomic mass is 79.9. The van der Waals surface area contributed by atoms with Crippen LogP contribution in [-0.4, -0.2) is 17.8 Å². The number of nitrogens with one attached hydrogen (secondary N) is 1. The molecule has 0 aromatic heterocycles. The Hall–Kier alpha value is -2.21. The van der Waals surface area contributed by atoms with E-state index in [0.29, 0.717) is 21.5 Å². The largest absolute Gasteiger partial charge is 0.480 e. The zero-order valence-corrected chi connectivity index (χ0v) is 14.2. The topological polar surface area (TPSA) is 55.4 Å². The fourth-order valence-electron chi connectivity index (χ4n) is 1.95. The van der Waals surface area contributed by atoms with Crippen molar-refractivity contribution in [2.45, 2.75) is 20.0 Å². The van der Waals surface area contributed by atoms with Crippen LogP contribution in [0.2, 0.25) is 0 Å². The maximum Gasteiger partial charge on any atom is 0.265 e. The van der Waals surface area contributed by atoms with Gasteiger partial charge in [-0.1, -0.05) is 12.1 Å². The molecule has 6 heteroatoms. The maximum absolute atomic E-state index is 13.1. The molecule has 2 aromatic rings. The van der Waals surface area contributed by atoms with Gasteiger partial charge in [-0.05, 0) is 60.1 Å². The zero-order valence-electron chi connectivity index (χ0n) is 12.6. The summed E-state index contributed by atoms with van der Waals surface area (Å²) in [5.41, 5.74) is 0.856. The van der Waals surface area contributed by atoms with E-state index in [4.69, 9.17) is 4.74 Å². The molecule has 4 nitrogen and oxygen atoms in total. The first-order valence-corrected chi connectivity index (χ1v) is 7.70. The van der Waals surface area contributed by atoms with Crippen LogP contribution in [-0.2, 0) is 4.79 Å². The second kappa shape index (κ2) is 7.37. The number of amides is 1. The second-order valence-corrected chi connectivity index (χ2v) is 5.78. The molecule has 1 atom stereocenters. The third-order valence-corrected chi connectivity index (χ3v) is 3.75. The number of Topliss-reactive ketones (excluding diaryl/α,β-unsaturated/α-hetero) is 1. The number of ether oxygens (including phenoxy) is 1. The SMILES string of the molecule is CC(=O)c1ccccc1NC(=O)[C@@H](C)Oc1ccc(F)cc1Br. The Morgan fingerprint density at radius 1 is 1.22 bits per heavy atom. The Labute approximate surface area is 141 Å². The molecule has 0 saturated carbocycles. The van der Waals surface area contributed by atoms with Crippen LogP contribution in [0.3, 0.4) is 0 Å². The average molecular weight is 380 g/mol. The summed E-state index contributed by atoms with van der Waals surface area (Å²) in [5.74, 6) is -0.601. The van der Waals surface area contributed by atoms with Crippen molar-refractivity contribution in [1.82, 2.24) is 0 Å². The number of rotatable bonds is 5. The van der Waals surface area contributed by atoms with Crippen molar-refractivity contribution < 1.29 is 18.7 Å².